The molecule has 1 unspecified atom stereocenters. The predicted octanol–water partition coefficient (Wildman–Crippen LogP) is 8.13. The fourth-order valence-electron chi connectivity index (χ4n) is 3.25. The first kappa shape index (κ1) is 27.3. The molecule has 0 spiro atoms. The number of rotatable bonds is 10. The number of ether oxygens (including phenoxy) is 1. The molecule has 0 aliphatic carbocycles. The third-order valence-electron chi connectivity index (χ3n) is 4.94. The van der Waals surface area contributed by atoms with Gasteiger partial charge in [-0.3, -0.25) is 0 Å². The van der Waals surface area contributed by atoms with Crippen molar-refractivity contribution < 1.29 is 4.74 Å². The quantitative estimate of drug-likeness (QED) is 0.258. The molecule has 0 amide bonds. The van der Waals surface area contributed by atoms with Crippen molar-refractivity contribution in [2.24, 2.45) is 5.92 Å². The molecule has 2 aromatic heterocycles. The summed E-state index contributed by atoms with van der Waals surface area (Å²) in [6, 6.07) is 12.8. The first-order valence-corrected chi connectivity index (χ1v) is 12.5. The van der Waals surface area contributed by atoms with Crippen molar-refractivity contribution in [1.82, 2.24) is 19.9 Å². The maximum absolute atomic E-state index is 5.97. The fourth-order valence-corrected chi connectivity index (χ4v) is 3.86. The van der Waals surface area contributed by atoms with E-state index in [0.717, 1.165) is 36.6 Å². The van der Waals surface area contributed by atoms with Gasteiger partial charge in [0.2, 0.25) is 5.88 Å². The van der Waals surface area contributed by atoms with Crippen LogP contribution in [0.2, 0.25) is 15.5 Å². The predicted molar refractivity (Wildman–Crippen MR) is 137 cm³/mol. The maximum Gasteiger partial charge on any atom is 0.218 e. The van der Waals surface area contributed by atoms with Crippen LogP contribution in [0.4, 0.5) is 0 Å². The van der Waals surface area contributed by atoms with Crippen LogP contribution in [0.25, 0.3) is 11.4 Å². The molecule has 0 bridgehead atoms. The van der Waals surface area contributed by atoms with Crippen molar-refractivity contribution in [3.63, 3.8) is 0 Å². The Bertz CT molecular complexity index is 953. The van der Waals surface area contributed by atoms with E-state index in [9.17, 15) is 0 Å². The van der Waals surface area contributed by atoms with Gasteiger partial charge in [-0.1, -0.05) is 105 Å². The number of aryl methyl sites for hydroxylation is 1. The summed E-state index contributed by atoms with van der Waals surface area (Å²) >= 11 is 17.5. The van der Waals surface area contributed by atoms with Gasteiger partial charge < -0.3 is 4.74 Å². The molecule has 33 heavy (non-hydrogen) atoms. The largest absolute Gasteiger partial charge is 0.478 e. The summed E-state index contributed by atoms with van der Waals surface area (Å²) in [7, 11) is 0. The molecule has 3 rings (SSSR count). The molecule has 1 atom stereocenters. The average Bonchev–Trinajstić information content (AvgIpc) is 2.79. The average molecular weight is 510 g/mol. The smallest absolute Gasteiger partial charge is 0.218 e. The molecule has 8 heteroatoms. The molecule has 0 saturated carbocycles. The molecule has 0 saturated heterocycles. The van der Waals surface area contributed by atoms with Crippen LogP contribution < -0.4 is 4.74 Å². The lowest BCUT2D eigenvalue weighted by Crippen LogP contribution is -2.08. The van der Waals surface area contributed by atoms with E-state index in [-0.39, 0.29) is 0 Å². The molecule has 2 heterocycles. The van der Waals surface area contributed by atoms with Gasteiger partial charge in [-0.05, 0) is 18.8 Å². The summed E-state index contributed by atoms with van der Waals surface area (Å²) in [6.07, 6.45) is 6.64. The van der Waals surface area contributed by atoms with Crippen LogP contribution in [0, 0.1) is 5.92 Å². The van der Waals surface area contributed by atoms with E-state index in [1.165, 1.54) is 25.3 Å². The topological polar surface area (TPSA) is 60.8 Å². The Morgan fingerprint density at radius 2 is 1.45 bits per heavy atom. The van der Waals surface area contributed by atoms with Gasteiger partial charge in [-0.15, -0.1) is 0 Å². The van der Waals surface area contributed by atoms with Gasteiger partial charge >= 0.3 is 0 Å². The number of aromatic nitrogens is 4. The zero-order valence-corrected chi connectivity index (χ0v) is 21.7. The van der Waals surface area contributed by atoms with Crippen LogP contribution in [-0.2, 0) is 6.42 Å². The number of hydrogen-bond acceptors (Lipinski definition) is 5. The minimum atomic E-state index is 0.351. The maximum atomic E-state index is 5.97. The lowest BCUT2D eigenvalue weighted by Gasteiger charge is -2.14. The van der Waals surface area contributed by atoms with Crippen molar-refractivity contribution in [3.8, 4) is 17.3 Å². The number of benzene rings is 1. The highest BCUT2D eigenvalue weighted by molar-refractivity contribution is 6.33. The van der Waals surface area contributed by atoms with Crippen LogP contribution >= 0.6 is 34.8 Å². The Kier molecular flexibility index (Phi) is 12.4. The number of hydrogen-bond donors (Lipinski definition) is 0. The molecule has 0 aliphatic rings. The highest BCUT2D eigenvalue weighted by Gasteiger charge is 2.08. The fraction of sp³-hybridized carbons (Fsp3) is 0.440. The van der Waals surface area contributed by atoms with Gasteiger partial charge in [0, 0.05) is 24.1 Å². The Morgan fingerprint density at radius 1 is 0.788 bits per heavy atom. The van der Waals surface area contributed by atoms with Gasteiger partial charge in [0.15, 0.2) is 5.82 Å². The second kappa shape index (κ2) is 15.0. The molecule has 1 aromatic carbocycles. The SMILES string of the molecule is CCCc1nc(Cl)cc(OCCC(CC)CCC)n1.Clc1cc(Cl)nc(-c2ccccc2)n1. The number of halogens is 3. The van der Waals surface area contributed by atoms with Crippen molar-refractivity contribution in [2.75, 3.05) is 6.61 Å². The Hall–Kier alpha value is -1.95. The third-order valence-corrected chi connectivity index (χ3v) is 5.52. The summed E-state index contributed by atoms with van der Waals surface area (Å²) in [5.74, 6) is 2.67. The Labute approximate surface area is 211 Å². The van der Waals surface area contributed by atoms with Crippen LogP contribution in [0.1, 0.15) is 58.7 Å². The molecule has 3 aromatic rings. The van der Waals surface area contributed by atoms with E-state index in [1.54, 1.807) is 6.07 Å². The van der Waals surface area contributed by atoms with Crippen molar-refractivity contribution >= 4 is 34.8 Å². The Morgan fingerprint density at radius 3 is 2.06 bits per heavy atom. The summed E-state index contributed by atoms with van der Waals surface area (Å²) in [6.45, 7) is 7.27. The van der Waals surface area contributed by atoms with E-state index in [0.29, 0.717) is 33.8 Å². The third kappa shape index (κ3) is 10.2. The monoisotopic (exact) mass is 508 g/mol. The van der Waals surface area contributed by atoms with Crippen LogP contribution in [0.5, 0.6) is 5.88 Å². The first-order valence-electron chi connectivity index (χ1n) is 11.4. The van der Waals surface area contributed by atoms with E-state index in [2.05, 4.69) is 40.7 Å². The molecule has 0 radical (unpaired) electrons. The molecule has 5 nitrogen and oxygen atoms in total. The second-order valence-corrected chi connectivity index (χ2v) is 8.76. The minimum Gasteiger partial charge on any atom is -0.478 e. The summed E-state index contributed by atoms with van der Waals surface area (Å²) in [5, 5.41) is 1.17. The van der Waals surface area contributed by atoms with Gasteiger partial charge in [-0.2, -0.15) is 4.98 Å². The first-order chi connectivity index (χ1) is 15.9. The minimum absolute atomic E-state index is 0.351. The van der Waals surface area contributed by atoms with E-state index < -0.39 is 0 Å². The van der Waals surface area contributed by atoms with Gasteiger partial charge in [0.25, 0.3) is 0 Å². The second-order valence-electron chi connectivity index (χ2n) is 7.60. The highest BCUT2D eigenvalue weighted by Crippen LogP contribution is 2.20. The van der Waals surface area contributed by atoms with E-state index in [4.69, 9.17) is 39.5 Å². The van der Waals surface area contributed by atoms with Gasteiger partial charge in [-0.25, -0.2) is 15.0 Å². The summed E-state index contributed by atoms with van der Waals surface area (Å²) < 4.78 is 5.72. The lowest BCUT2D eigenvalue weighted by molar-refractivity contribution is 0.259. The zero-order valence-electron chi connectivity index (χ0n) is 19.4. The summed E-state index contributed by atoms with van der Waals surface area (Å²) in [4.78, 5) is 16.7. The number of nitrogens with zero attached hydrogens (tertiary/aromatic N) is 4. The van der Waals surface area contributed by atoms with Crippen molar-refractivity contribution in [1.29, 1.82) is 0 Å². The van der Waals surface area contributed by atoms with Crippen LogP contribution in [0.3, 0.4) is 0 Å². The van der Waals surface area contributed by atoms with Gasteiger partial charge in [0.05, 0.1) is 6.61 Å². The normalized spacial score (nSPS) is 11.5. The van der Waals surface area contributed by atoms with Crippen molar-refractivity contribution in [2.45, 2.75) is 59.3 Å². The molecular formula is C25H31Cl3N4O. The molecule has 0 N–H and O–H groups in total. The lowest BCUT2D eigenvalue weighted by atomic mass is 9.98. The summed E-state index contributed by atoms with van der Waals surface area (Å²) in [5.41, 5.74) is 0.900. The highest BCUT2D eigenvalue weighted by atomic mass is 35.5. The van der Waals surface area contributed by atoms with E-state index >= 15 is 0 Å². The van der Waals surface area contributed by atoms with Gasteiger partial charge in [0.1, 0.15) is 21.3 Å². The van der Waals surface area contributed by atoms with Crippen molar-refractivity contribution in [3.05, 3.63) is 63.7 Å². The Balaban J connectivity index is 0.000000243. The molecular weight excluding hydrogens is 479 g/mol. The molecule has 0 aliphatic heterocycles. The standard InChI is InChI=1S/C15H25ClN2O.C10H6Cl2N2/c1-4-7-12(6-3)9-10-19-15-11-13(16)17-14(18-15)8-5-2;11-8-6-9(12)14-10(13-8)7-4-2-1-3-5-7/h11-12H,4-10H2,1-3H3;1-6H. The van der Waals surface area contributed by atoms with Crippen LogP contribution in [-0.4, -0.2) is 26.5 Å². The molecule has 178 valence electrons. The molecule has 0 fully saturated rings. The zero-order chi connectivity index (χ0) is 24.1. The van der Waals surface area contributed by atoms with Crippen LogP contribution in [0.15, 0.2) is 42.5 Å². The van der Waals surface area contributed by atoms with E-state index in [1.807, 2.05) is 30.3 Å².